The van der Waals surface area contributed by atoms with E-state index in [1.54, 1.807) is 25.2 Å². The van der Waals surface area contributed by atoms with E-state index in [-0.39, 0.29) is 5.88 Å². The van der Waals surface area contributed by atoms with Gasteiger partial charge in [-0.1, -0.05) is 50.7 Å². The number of anilines is 1. The lowest BCUT2D eigenvalue weighted by molar-refractivity contribution is 0.464. The highest BCUT2D eigenvalue weighted by molar-refractivity contribution is 9.10. The highest BCUT2D eigenvalue weighted by Crippen LogP contribution is 2.36. The largest absolute Gasteiger partial charge is 0.436 e. The first kappa shape index (κ1) is 14.7. The van der Waals surface area contributed by atoms with Crippen LogP contribution in [0, 0.1) is 0 Å². The standard InChI is InChI=1S/C12H8BrCl3N2O/c1-17-11-8(15)5-9(16)12(18-11)19-10-3-2-6(13)4-7(10)14/h2-5H,1H3,(H,17,18). The van der Waals surface area contributed by atoms with Crippen LogP contribution in [0.4, 0.5) is 5.82 Å². The van der Waals surface area contributed by atoms with Gasteiger partial charge in [0.25, 0.3) is 0 Å². The highest BCUT2D eigenvalue weighted by atomic mass is 79.9. The van der Waals surface area contributed by atoms with E-state index in [4.69, 9.17) is 39.5 Å². The molecule has 1 N–H and O–H groups in total. The second-order valence-corrected chi connectivity index (χ2v) is 5.67. The summed E-state index contributed by atoms with van der Waals surface area (Å²) in [5.41, 5.74) is 0. The Morgan fingerprint density at radius 3 is 2.47 bits per heavy atom. The Hall–Kier alpha value is -0.680. The fourth-order valence-corrected chi connectivity index (χ4v) is 2.56. The van der Waals surface area contributed by atoms with Gasteiger partial charge in [-0.2, -0.15) is 4.98 Å². The van der Waals surface area contributed by atoms with Crippen LogP contribution in [0.1, 0.15) is 0 Å². The van der Waals surface area contributed by atoms with E-state index in [0.717, 1.165) is 4.47 Å². The third-order valence-corrected chi connectivity index (χ3v) is 3.58. The Balaban J connectivity index is 2.37. The molecule has 3 nitrogen and oxygen atoms in total. The Labute approximate surface area is 134 Å². The van der Waals surface area contributed by atoms with Crippen LogP contribution in [0.25, 0.3) is 0 Å². The molecule has 7 heteroatoms. The summed E-state index contributed by atoms with van der Waals surface area (Å²) >= 11 is 21.4. The number of nitrogens with one attached hydrogen (secondary N) is 1. The van der Waals surface area contributed by atoms with Crippen LogP contribution in [0.15, 0.2) is 28.7 Å². The number of nitrogens with zero attached hydrogens (tertiary/aromatic N) is 1. The van der Waals surface area contributed by atoms with E-state index in [1.165, 1.54) is 0 Å². The van der Waals surface area contributed by atoms with E-state index >= 15 is 0 Å². The minimum atomic E-state index is 0.236. The molecule has 100 valence electrons. The van der Waals surface area contributed by atoms with Crippen LogP contribution < -0.4 is 10.1 Å². The maximum absolute atomic E-state index is 6.07. The van der Waals surface area contributed by atoms with Crippen molar-refractivity contribution in [3.8, 4) is 11.6 Å². The van der Waals surface area contributed by atoms with Crippen LogP contribution in [-0.4, -0.2) is 12.0 Å². The summed E-state index contributed by atoms with van der Waals surface area (Å²) in [6.45, 7) is 0. The molecule has 0 unspecified atom stereocenters. The first-order chi connectivity index (χ1) is 9.01. The number of hydrogen-bond donors (Lipinski definition) is 1. The van der Waals surface area contributed by atoms with Crippen molar-refractivity contribution in [3.05, 3.63) is 43.8 Å². The molecule has 0 spiro atoms. The molecule has 0 aliphatic rings. The van der Waals surface area contributed by atoms with Crippen molar-refractivity contribution in [3.63, 3.8) is 0 Å². The fourth-order valence-electron chi connectivity index (χ4n) is 1.36. The zero-order valence-corrected chi connectivity index (χ0v) is 13.5. The molecule has 1 aromatic carbocycles. The van der Waals surface area contributed by atoms with Crippen LogP contribution in [0.3, 0.4) is 0 Å². The minimum absolute atomic E-state index is 0.236. The van der Waals surface area contributed by atoms with E-state index in [9.17, 15) is 0 Å². The zero-order chi connectivity index (χ0) is 14.0. The third-order valence-electron chi connectivity index (χ3n) is 2.23. The summed E-state index contributed by atoms with van der Waals surface area (Å²) in [4.78, 5) is 4.18. The molecule has 2 aromatic rings. The van der Waals surface area contributed by atoms with E-state index in [0.29, 0.717) is 26.6 Å². The summed E-state index contributed by atoms with van der Waals surface area (Å²) in [6.07, 6.45) is 0. The number of rotatable bonds is 3. The Morgan fingerprint density at radius 1 is 1.11 bits per heavy atom. The van der Waals surface area contributed by atoms with Gasteiger partial charge in [0, 0.05) is 11.5 Å². The van der Waals surface area contributed by atoms with Gasteiger partial charge < -0.3 is 10.1 Å². The zero-order valence-electron chi connectivity index (χ0n) is 9.68. The predicted molar refractivity (Wildman–Crippen MR) is 83.0 cm³/mol. The van der Waals surface area contributed by atoms with Gasteiger partial charge in [0.05, 0.1) is 10.0 Å². The summed E-state index contributed by atoms with van der Waals surface area (Å²) in [6, 6.07) is 6.81. The van der Waals surface area contributed by atoms with Crippen molar-refractivity contribution >= 4 is 56.6 Å². The van der Waals surface area contributed by atoms with Gasteiger partial charge >= 0.3 is 0 Å². The van der Waals surface area contributed by atoms with Crippen molar-refractivity contribution in [2.45, 2.75) is 0 Å². The fraction of sp³-hybridized carbons (Fsp3) is 0.0833. The monoisotopic (exact) mass is 380 g/mol. The normalized spacial score (nSPS) is 10.4. The summed E-state index contributed by atoms with van der Waals surface area (Å²) in [7, 11) is 1.71. The molecular formula is C12H8BrCl3N2O. The molecule has 0 amide bonds. The van der Waals surface area contributed by atoms with Crippen molar-refractivity contribution in [2.75, 3.05) is 12.4 Å². The number of halogens is 4. The molecule has 0 atom stereocenters. The lowest BCUT2D eigenvalue weighted by Gasteiger charge is -2.11. The number of pyridine rings is 1. The second-order valence-electron chi connectivity index (χ2n) is 3.53. The van der Waals surface area contributed by atoms with Gasteiger partial charge in [-0.05, 0) is 24.3 Å². The Bertz CT molecular complexity index is 622. The van der Waals surface area contributed by atoms with E-state index in [2.05, 4.69) is 26.2 Å². The Kier molecular flexibility index (Phi) is 4.79. The van der Waals surface area contributed by atoms with Gasteiger partial charge in [-0.25, -0.2) is 0 Å². The topological polar surface area (TPSA) is 34.2 Å². The maximum atomic E-state index is 6.07. The molecule has 2 rings (SSSR count). The van der Waals surface area contributed by atoms with E-state index < -0.39 is 0 Å². The number of benzene rings is 1. The average Bonchev–Trinajstić information content (AvgIpc) is 2.35. The molecule has 0 fully saturated rings. The lowest BCUT2D eigenvalue weighted by Crippen LogP contribution is -1.97. The molecule has 0 aliphatic carbocycles. The van der Waals surface area contributed by atoms with Crippen molar-refractivity contribution < 1.29 is 4.74 Å². The van der Waals surface area contributed by atoms with Gasteiger partial charge in [0.2, 0.25) is 5.88 Å². The first-order valence-corrected chi connectivity index (χ1v) is 7.10. The SMILES string of the molecule is CNc1nc(Oc2ccc(Br)cc2Cl)c(Cl)cc1Cl. The van der Waals surface area contributed by atoms with Crippen molar-refractivity contribution in [2.24, 2.45) is 0 Å². The van der Waals surface area contributed by atoms with Gasteiger partial charge in [0.15, 0.2) is 0 Å². The minimum Gasteiger partial charge on any atom is -0.436 e. The van der Waals surface area contributed by atoms with Gasteiger partial charge in [-0.3, -0.25) is 0 Å². The van der Waals surface area contributed by atoms with Crippen molar-refractivity contribution in [1.82, 2.24) is 4.98 Å². The van der Waals surface area contributed by atoms with Crippen molar-refractivity contribution in [1.29, 1.82) is 0 Å². The predicted octanol–water partition coefficient (Wildman–Crippen LogP) is 5.64. The molecule has 0 radical (unpaired) electrons. The molecule has 1 aromatic heterocycles. The summed E-state index contributed by atoms with van der Waals surface area (Å²) < 4.78 is 6.46. The Morgan fingerprint density at radius 2 is 1.84 bits per heavy atom. The molecule has 0 aliphatic heterocycles. The van der Waals surface area contributed by atoms with Crippen LogP contribution >= 0.6 is 50.7 Å². The lowest BCUT2D eigenvalue weighted by atomic mass is 10.3. The quantitative estimate of drug-likeness (QED) is 0.746. The van der Waals surface area contributed by atoms with Crippen LogP contribution in [0.5, 0.6) is 11.6 Å². The molecule has 0 bridgehead atoms. The molecule has 0 saturated heterocycles. The molecule has 1 heterocycles. The van der Waals surface area contributed by atoms with Gasteiger partial charge in [0.1, 0.15) is 16.6 Å². The van der Waals surface area contributed by atoms with E-state index in [1.807, 2.05) is 6.07 Å². The molecular weight excluding hydrogens is 374 g/mol. The molecule has 19 heavy (non-hydrogen) atoms. The number of hydrogen-bond acceptors (Lipinski definition) is 3. The van der Waals surface area contributed by atoms with Crippen LogP contribution in [-0.2, 0) is 0 Å². The van der Waals surface area contributed by atoms with Crippen LogP contribution in [0.2, 0.25) is 15.1 Å². The highest BCUT2D eigenvalue weighted by Gasteiger charge is 2.12. The van der Waals surface area contributed by atoms with Gasteiger partial charge in [-0.15, -0.1) is 0 Å². The number of aromatic nitrogens is 1. The average molecular weight is 382 g/mol. The first-order valence-electron chi connectivity index (χ1n) is 5.18. The smallest absolute Gasteiger partial charge is 0.240 e. The second kappa shape index (κ2) is 6.18. The third kappa shape index (κ3) is 3.45. The summed E-state index contributed by atoms with van der Waals surface area (Å²) in [5.74, 6) is 1.18. The number of ether oxygens (including phenoxy) is 1. The molecule has 0 saturated carbocycles. The maximum Gasteiger partial charge on any atom is 0.240 e. The summed E-state index contributed by atoms with van der Waals surface area (Å²) in [5, 5.41) is 4.03.